The summed E-state index contributed by atoms with van der Waals surface area (Å²) in [6.45, 7) is 2.99. The number of fused-ring (bicyclic) bond motifs is 2. The van der Waals surface area contributed by atoms with Crippen molar-refractivity contribution in [1.29, 1.82) is 0 Å². The Hall–Kier alpha value is -2.16. The second-order valence-corrected chi connectivity index (χ2v) is 5.92. The van der Waals surface area contributed by atoms with Gasteiger partial charge in [-0.3, -0.25) is 0 Å². The predicted molar refractivity (Wildman–Crippen MR) is 86.1 cm³/mol. The van der Waals surface area contributed by atoms with Gasteiger partial charge in [0.1, 0.15) is 5.75 Å². The van der Waals surface area contributed by atoms with Gasteiger partial charge in [-0.25, -0.2) is 0 Å². The highest BCUT2D eigenvalue weighted by Crippen LogP contribution is 2.30. The molecule has 0 saturated carbocycles. The lowest BCUT2D eigenvalue weighted by Crippen LogP contribution is -2.23. The average Bonchev–Trinajstić information content (AvgIpc) is 3.10. The molecular weight excluding hydrogens is 260 g/mol. The molecule has 108 valence electrons. The van der Waals surface area contributed by atoms with Crippen molar-refractivity contribution < 1.29 is 4.74 Å². The fraction of sp³-hybridized carbons (Fsp3) is 0.333. The largest absolute Gasteiger partial charge is 0.493 e. The molecule has 2 aliphatic rings. The molecule has 2 aromatic rings. The van der Waals surface area contributed by atoms with E-state index in [1.807, 2.05) is 6.07 Å². The van der Waals surface area contributed by atoms with E-state index in [1.54, 1.807) is 0 Å². The third-order valence-corrected chi connectivity index (χ3v) is 4.53. The standard InChI is InChI=1S/C18H20N2O/c19-16-3-2-14-6-9-20(17(14)12-16)8-5-13-1-4-18-15(11-13)7-10-21-18/h1-4,11-12H,5-10,19H2. The minimum atomic E-state index is 0.831. The van der Waals surface area contributed by atoms with Gasteiger partial charge < -0.3 is 15.4 Å². The van der Waals surface area contributed by atoms with Gasteiger partial charge in [-0.05, 0) is 47.7 Å². The van der Waals surface area contributed by atoms with Crippen LogP contribution in [0.1, 0.15) is 16.7 Å². The van der Waals surface area contributed by atoms with Gasteiger partial charge in [-0.1, -0.05) is 18.2 Å². The van der Waals surface area contributed by atoms with Crippen molar-refractivity contribution >= 4 is 11.4 Å². The number of hydrogen-bond donors (Lipinski definition) is 1. The highest BCUT2D eigenvalue weighted by molar-refractivity contribution is 5.64. The lowest BCUT2D eigenvalue weighted by Gasteiger charge is -2.19. The summed E-state index contributed by atoms with van der Waals surface area (Å²) >= 11 is 0. The number of anilines is 2. The number of nitrogen functional groups attached to an aromatic ring is 1. The van der Waals surface area contributed by atoms with E-state index in [2.05, 4.69) is 35.2 Å². The molecule has 0 aliphatic carbocycles. The van der Waals surface area contributed by atoms with Crippen molar-refractivity contribution in [2.45, 2.75) is 19.3 Å². The summed E-state index contributed by atoms with van der Waals surface area (Å²) in [7, 11) is 0. The molecule has 2 aliphatic heterocycles. The Morgan fingerprint density at radius 2 is 2.00 bits per heavy atom. The number of rotatable bonds is 3. The molecule has 0 spiro atoms. The van der Waals surface area contributed by atoms with E-state index in [9.17, 15) is 0 Å². The normalized spacial score (nSPS) is 15.7. The van der Waals surface area contributed by atoms with E-state index in [0.29, 0.717) is 0 Å². The van der Waals surface area contributed by atoms with Crippen LogP contribution in [-0.2, 0) is 19.3 Å². The van der Waals surface area contributed by atoms with E-state index < -0.39 is 0 Å². The van der Waals surface area contributed by atoms with Gasteiger partial charge in [0, 0.05) is 30.9 Å². The van der Waals surface area contributed by atoms with Gasteiger partial charge in [0.05, 0.1) is 6.61 Å². The van der Waals surface area contributed by atoms with Crippen molar-refractivity contribution in [1.82, 2.24) is 0 Å². The fourth-order valence-corrected chi connectivity index (χ4v) is 3.35. The highest BCUT2D eigenvalue weighted by Gasteiger charge is 2.19. The molecular formula is C18H20N2O. The number of nitrogens with zero attached hydrogens (tertiary/aromatic N) is 1. The van der Waals surface area contributed by atoms with Gasteiger partial charge in [0.15, 0.2) is 0 Å². The van der Waals surface area contributed by atoms with Crippen molar-refractivity contribution in [3.63, 3.8) is 0 Å². The smallest absolute Gasteiger partial charge is 0.122 e. The molecule has 2 aromatic carbocycles. The van der Waals surface area contributed by atoms with Crippen LogP contribution in [0.3, 0.4) is 0 Å². The molecule has 0 unspecified atom stereocenters. The van der Waals surface area contributed by atoms with E-state index in [0.717, 1.165) is 50.4 Å². The van der Waals surface area contributed by atoms with Crippen LogP contribution in [0.5, 0.6) is 5.75 Å². The van der Waals surface area contributed by atoms with Crippen molar-refractivity contribution in [2.75, 3.05) is 30.3 Å². The Morgan fingerprint density at radius 3 is 2.95 bits per heavy atom. The molecule has 0 saturated heterocycles. The van der Waals surface area contributed by atoms with E-state index in [-0.39, 0.29) is 0 Å². The average molecular weight is 280 g/mol. The number of nitrogens with two attached hydrogens (primary N) is 1. The zero-order valence-corrected chi connectivity index (χ0v) is 12.1. The summed E-state index contributed by atoms with van der Waals surface area (Å²) < 4.78 is 5.57. The Bertz CT molecular complexity index is 681. The summed E-state index contributed by atoms with van der Waals surface area (Å²) in [5.74, 6) is 1.07. The summed E-state index contributed by atoms with van der Waals surface area (Å²) in [5, 5.41) is 0. The van der Waals surface area contributed by atoms with Gasteiger partial charge in [-0.15, -0.1) is 0 Å². The molecule has 0 radical (unpaired) electrons. The molecule has 3 nitrogen and oxygen atoms in total. The topological polar surface area (TPSA) is 38.5 Å². The molecule has 2 N–H and O–H groups in total. The van der Waals surface area contributed by atoms with Crippen LogP contribution >= 0.6 is 0 Å². The number of ether oxygens (including phenoxy) is 1. The molecule has 4 rings (SSSR count). The number of hydrogen-bond acceptors (Lipinski definition) is 3. The summed E-state index contributed by atoms with van der Waals surface area (Å²) in [4.78, 5) is 2.45. The predicted octanol–water partition coefficient (Wildman–Crippen LogP) is 2.81. The van der Waals surface area contributed by atoms with Crippen LogP contribution in [0.25, 0.3) is 0 Å². The second-order valence-electron chi connectivity index (χ2n) is 5.92. The van der Waals surface area contributed by atoms with Crippen molar-refractivity contribution in [3.8, 4) is 5.75 Å². The summed E-state index contributed by atoms with van der Waals surface area (Å²) in [6.07, 6.45) is 3.25. The van der Waals surface area contributed by atoms with Crippen molar-refractivity contribution in [3.05, 3.63) is 53.1 Å². The minimum Gasteiger partial charge on any atom is -0.493 e. The minimum absolute atomic E-state index is 0.831. The molecule has 0 amide bonds. The fourth-order valence-electron chi connectivity index (χ4n) is 3.35. The highest BCUT2D eigenvalue weighted by atomic mass is 16.5. The van der Waals surface area contributed by atoms with Gasteiger partial charge >= 0.3 is 0 Å². The first-order valence-electron chi connectivity index (χ1n) is 7.67. The second kappa shape index (κ2) is 4.99. The van der Waals surface area contributed by atoms with E-state index in [1.165, 1.54) is 22.4 Å². The first-order valence-corrected chi connectivity index (χ1v) is 7.67. The van der Waals surface area contributed by atoms with Gasteiger partial charge in [-0.2, -0.15) is 0 Å². The summed E-state index contributed by atoms with van der Waals surface area (Å²) in [5.41, 5.74) is 12.3. The number of benzene rings is 2. The lowest BCUT2D eigenvalue weighted by molar-refractivity contribution is 0.357. The summed E-state index contributed by atoms with van der Waals surface area (Å²) in [6, 6.07) is 12.9. The monoisotopic (exact) mass is 280 g/mol. The molecule has 2 heterocycles. The zero-order chi connectivity index (χ0) is 14.2. The van der Waals surface area contributed by atoms with Crippen molar-refractivity contribution in [2.24, 2.45) is 0 Å². The van der Waals surface area contributed by atoms with Gasteiger partial charge in [0.25, 0.3) is 0 Å². The third kappa shape index (κ3) is 2.33. The Labute approximate surface area is 125 Å². The quantitative estimate of drug-likeness (QED) is 0.879. The van der Waals surface area contributed by atoms with Crippen LogP contribution < -0.4 is 15.4 Å². The first-order chi connectivity index (χ1) is 10.3. The molecule has 0 bridgehead atoms. The molecule has 0 atom stereocenters. The SMILES string of the molecule is Nc1ccc2c(c1)N(CCc1ccc3c(c1)CCO3)CC2. The van der Waals surface area contributed by atoms with Crippen LogP contribution in [0.15, 0.2) is 36.4 Å². The maximum Gasteiger partial charge on any atom is 0.122 e. The zero-order valence-electron chi connectivity index (χ0n) is 12.1. The Morgan fingerprint density at radius 1 is 1.05 bits per heavy atom. The van der Waals surface area contributed by atoms with E-state index in [4.69, 9.17) is 10.5 Å². The maximum atomic E-state index is 5.92. The van der Waals surface area contributed by atoms with Gasteiger partial charge in [0.2, 0.25) is 0 Å². The Balaban J connectivity index is 1.48. The van der Waals surface area contributed by atoms with Crippen LogP contribution in [-0.4, -0.2) is 19.7 Å². The van der Waals surface area contributed by atoms with Crippen LogP contribution in [0.2, 0.25) is 0 Å². The Kier molecular flexibility index (Phi) is 2.99. The van der Waals surface area contributed by atoms with Crippen LogP contribution in [0.4, 0.5) is 11.4 Å². The van der Waals surface area contributed by atoms with Crippen LogP contribution in [0, 0.1) is 0 Å². The molecule has 0 fully saturated rings. The maximum absolute atomic E-state index is 5.92. The molecule has 21 heavy (non-hydrogen) atoms. The molecule has 3 heteroatoms. The van der Waals surface area contributed by atoms with E-state index >= 15 is 0 Å². The first kappa shape index (κ1) is 12.6. The molecule has 0 aromatic heterocycles. The third-order valence-electron chi connectivity index (χ3n) is 4.53. The lowest BCUT2D eigenvalue weighted by atomic mass is 10.1.